The van der Waals surface area contributed by atoms with Gasteiger partial charge in [0.15, 0.2) is 0 Å². The van der Waals surface area contributed by atoms with Gasteiger partial charge in [-0.3, -0.25) is 0 Å². The van der Waals surface area contributed by atoms with Crippen LogP contribution in [0, 0.1) is 3.57 Å². The number of hydrogen-bond donors (Lipinski definition) is 1. The number of imide groups is 1. The van der Waals surface area contributed by atoms with Crippen LogP contribution in [0.2, 0.25) is 5.02 Å². The molecule has 1 aromatic rings. The van der Waals surface area contributed by atoms with Gasteiger partial charge in [0.05, 0.1) is 0 Å². The van der Waals surface area contributed by atoms with E-state index < -0.39 is 21.2 Å². The van der Waals surface area contributed by atoms with Gasteiger partial charge in [-0.1, -0.05) is 0 Å². The topological polar surface area (TPSA) is 46.2 Å². The van der Waals surface area contributed by atoms with Gasteiger partial charge in [-0.15, -0.1) is 0 Å². The minimum atomic E-state index is -0.514. The molecule has 0 aliphatic carbocycles. The molecule has 1 N–H and O–H groups in total. The summed E-state index contributed by atoms with van der Waals surface area (Å²) in [7, 11) is 0. The van der Waals surface area contributed by atoms with E-state index in [4.69, 9.17) is 11.6 Å². The number of amides is 2. The van der Waals surface area contributed by atoms with Crippen LogP contribution < -0.4 is 26.5 Å². The van der Waals surface area contributed by atoms with Gasteiger partial charge in [-0.2, -0.15) is 0 Å². The van der Waals surface area contributed by atoms with E-state index in [1.165, 1.54) is 5.56 Å². The molecule has 1 aromatic carbocycles. The molecule has 1 aliphatic heterocycles. The van der Waals surface area contributed by atoms with Crippen molar-refractivity contribution in [3.63, 3.8) is 0 Å². The van der Waals surface area contributed by atoms with Gasteiger partial charge in [-0.25, -0.2) is 0 Å². The third kappa shape index (κ3) is 3.69. The van der Waals surface area contributed by atoms with E-state index in [1.54, 1.807) is 0 Å². The van der Waals surface area contributed by atoms with E-state index in [0.717, 1.165) is 8.59 Å². The number of carbonyl (C=O) groups is 2. The Morgan fingerprint density at radius 2 is 2.11 bits per heavy atom. The van der Waals surface area contributed by atoms with E-state index >= 15 is 0 Å². The van der Waals surface area contributed by atoms with Crippen molar-refractivity contribution in [1.82, 2.24) is 5.32 Å². The second-order valence-electron chi connectivity index (χ2n) is 4.86. The number of hydrogen-bond acceptors (Lipinski definition) is 2. The molecule has 2 amide bonds. The van der Waals surface area contributed by atoms with E-state index in [2.05, 4.69) is 25.2 Å². The summed E-state index contributed by atoms with van der Waals surface area (Å²) >= 11 is 5.71. The molecule has 0 saturated carbocycles. The predicted octanol–water partition coefficient (Wildman–Crippen LogP) is -0.473. The van der Waals surface area contributed by atoms with Gasteiger partial charge in [0.2, 0.25) is 0 Å². The van der Waals surface area contributed by atoms with Crippen LogP contribution in [0.3, 0.4) is 0 Å². The number of rotatable bonds is 3. The van der Waals surface area contributed by atoms with Crippen molar-refractivity contribution in [2.24, 2.45) is 0 Å². The van der Waals surface area contributed by atoms with Crippen molar-refractivity contribution in [2.45, 2.75) is 36.5 Å². The standard InChI is InChI=1S/C14H16ClINO2/c1-8(2)9-3-4-10(15)12(7-9)16-11-5-6-13(18)17-14(11)19/h3-4,7-8,11H,5-6H2,1-2H3,(H,17,18,19)/q-1. The number of alkyl halides is 1. The third-order valence-electron chi connectivity index (χ3n) is 3.03. The summed E-state index contributed by atoms with van der Waals surface area (Å²) < 4.78 is 1.05. The third-order valence-corrected chi connectivity index (χ3v) is 7.18. The zero-order valence-electron chi connectivity index (χ0n) is 10.9. The summed E-state index contributed by atoms with van der Waals surface area (Å²) in [6.07, 6.45) is 1.10. The van der Waals surface area contributed by atoms with Crippen LogP contribution in [0.4, 0.5) is 0 Å². The molecule has 19 heavy (non-hydrogen) atoms. The second kappa shape index (κ2) is 6.22. The Bertz CT molecular complexity index is 516. The average Bonchev–Trinajstić information content (AvgIpc) is 2.34. The Balaban J connectivity index is 2.16. The molecule has 0 radical (unpaired) electrons. The summed E-state index contributed by atoms with van der Waals surface area (Å²) in [5.74, 6) is 0.157. The maximum atomic E-state index is 11.8. The van der Waals surface area contributed by atoms with Crippen LogP contribution in [0.15, 0.2) is 18.2 Å². The first kappa shape index (κ1) is 14.8. The van der Waals surface area contributed by atoms with E-state index in [-0.39, 0.29) is 15.7 Å². The first-order valence-corrected chi connectivity index (χ1v) is 8.94. The van der Waals surface area contributed by atoms with Crippen molar-refractivity contribution in [2.75, 3.05) is 0 Å². The normalized spacial score (nSPS) is 19.9. The van der Waals surface area contributed by atoms with Crippen molar-refractivity contribution in [3.8, 4) is 0 Å². The molecule has 2 rings (SSSR count). The summed E-state index contributed by atoms with van der Waals surface area (Å²) in [6, 6.07) is 6.06. The van der Waals surface area contributed by atoms with Crippen molar-refractivity contribution < 1.29 is 30.8 Å². The Morgan fingerprint density at radius 1 is 1.37 bits per heavy atom. The van der Waals surface area contributed by atoms with Gasteiger partial charge < -0.3 is 0 Å². The van der Waals surface area contributed by atoms with Crippen LogP contribution >= 0.6 is 11.6 Å². The van der Waals surface area contributed by atoms with Gasteiger partial charge in [-0.05, 0) is 0 Å². The fraction of sp³-hybridized carbons (Fsp3) is 0.429. The van der Waals surface area contributed by atoms with E-state index in [1.807, 2.05) is 12.1 Å². The average molecular weight is 393 g/mol. The van der Waals surface area contributed by atoms with Crippen LogP contribution in [-0.2, 0) is 9.59 Å². The summed E-state index contributed by atoms with van der Waals surface area (Å²) in [6.45, 7) is 4.27. The monoisotopic (exact) mass is 392 g/mol. The first-order chi connectivity index (χ1) is 8.97. The molecule has 1 aliphatic rings. The maximum absolute atomic E-state index is 11.8. The fourth-order valence-corrected chi connectivity index (χ4v) is 5.15. The Labute approximate surface area is 128 Å². The van der Waals surface area contributed by atoms with Crippen LogP contribution in [0.1, 0.15) is 38.2 Å². The molecule has 1 fully saturated rings. The van der Waals surface area contributed by atoms with E-state index in [9.17, 15) is 9.59 Å². The van der Waals surface area contributed by atoms with Crippen LogP contribution in [-0.4, -0.2) is 15.7 Å². The SMILES string of the molecule is CC(C)c1ccc(Cl)c([I-]C2CCC(=O)NC2=O)c1. The molecular weight excluding hydrogens is 377 g/mol. The summed E-state index contributed by atoms with van der Waals surface area (Å²) in [5.41, 5.74) is 1.24. The number of carbonyl (C=O) groups excluding carboxylic acids is 2. The molecular formula is C14H16ClINO2-. The van der Waals surface area contributed by atoms with Gasteiger partial charge in [0.1, 0.15) is 0 Å². The molecule has 1 heterocycles. The van der Waals surface area contributed by atoms with Crippen LogP contribution in [0.5, 0.6) is 0 Å². The number of nitrogens with one attached hydrogen (secondary N) is 1. The fourth-order valence-electron chi connectivity index (χ4n) is 1.87. The second-order valence-corrected chi connectivity index (χ2v) is 8.55. The molecule has 0 spiro atoms. The first-order valence-electron chi connectivity index (χ1n) is 6.24. The van der Waals surface area contributed by atoms with Gasteiger partial charge in [0, 0.05) is 0 Å². The predicted molar refractivity (Wildman–Crippen MR) is 70.4 cm³/mol. The summed E-state index contributed by atoms with van der Waals surface area (Å²) in [5, 5.41) is 3.15. The molecule has 0 aromatic heterocycles. The molecule has 1 atom stereocenters. The zero-order chi connectivity index (χ0) is 14.0. The number of piperidine rings is 1. The molecule has 3 nitrogen and oxygen atoms in total. The van der Waals surface area contributed by atoms with Crippen molar-refractivity contribution >= 4 is 23.4 Å². The zero-order valence-corrected chi connectivity index (χ0v) is 13.8. The molecule has 1 saturated heterocycles. The Hall–Kier alpha value is -0.620. The van der Waals surface area contributed by atoms with Crippen LogP contribution in [0.25, 0.3) is 0 Å². The quantitative estimate of drug-likeness (QED) is 0.429. The Morgan fingerprint density at radius 3 is 2.74 bits per heavy atom. The van der Waals surface area contributed by atoms with E-state index in [0.29, 0.717) is 18.8 Å². The van der Waals surface area contributed by atoms with Crippen molar-refractivity contribution in [1.29, 1.82) is 0 Å². The van der Waals surface area contributed by atoms with Gasteiger partial charge in [0.25, 0.3) is 0 Å². The molecule has 0 bridgehead atoms. The number of benzene rings is 1. The minimum absolute atomic E-state index is 0.0450. The van der Waals surface area contributed by atoms with Gasteiger partial charge >= 0.3 is 128 Å². The molecule has 5 heteroatoms. The Kier molecular flexibility index (Phi) is 4.84. The number of halogens is 2. The molecule has 1 unspecified atom stereocenters. The summed E-state index contributed by atoms with van der Waals surface area (Å²) in [4.78, 5) is 22.9. The molecule has 104 valence electrons. The van der Waals surface area contributed by atoms with Crippen molar-refractivity contribution in [3.05, 3.63) is 32.4 Å².